The summed E-state index contributed by atoms with van der Waals surface area (Å²) in [7, 11) is 1.62. The van der Waals surface area contributed by atoms with Crippen LogP contribution in [0.1, 0.15) is 0 Å². The fraction of sp³-hybridized carbons (Fsp3) is 0.0625. The molecule has 2 aromatic carbocycles. The van der Waals surface area contributed by atoms with Gasteiger partial charge in [-0.1, -0.05) is 60.7 Å². The van der Waals surface area contributed by atoms with Gasteiger partial charge in [-0.2, -0.15) is 9.49 Å². The highest BCUT2D eigenvalue weighted by Crippen LogP contribution is 2.32. The summed E-state index contributed by atoms with van der Waals surface area (Å²) in [6, 6.07) is 19.2. The van der Waals surface area contributed by atoms with Crippen molar-refractivity contribution in [2.24, 2.45) is 7.05 Å². The zero-order valence-corrected chi connectivity index (χ0v) is 10.5. The van der Waals surface area contributed by atoms with Gasteiger partial charge < -0.3 is 0 Å². The maximum atomic E-state index is 14.3. The van der Waals surface area contributed by atoms with E-state index >= 15 is 0 Å². The molecule has 3 heteroatoms. The molecule has 0 bridgehead atoms. The molecule has 2 nitrogen and oxygen atoms in total. The minimum Gasteiger partial charge on any atom is -0.242 e. The van der Waals surface area contributed by atoms with Crippen molar-refractivity contribution in [1.29, 1.82) is 0 Å². The number of aromatic nitrogens is 2. The molecule has 0 atom stereocenters. The highest BCUT2D eigenvalue weighted by molar-refractivity contribution is 5.80. The SMILES string of the molecule is Cn1nc(-c2ccccc2)c(-c2ccccc2)c1F. The molecule has 19 heavy (non-hydrogen) atoms. The van der Waals surface area contributed by atoms with E-state index in [1.165, 1.54) is 4.68 Å². The van der Waals surface area contributed by atoms with E-state index in [1.54, 1.807) is 7.05 Å². The van der Waals surface area contributed by atoms with Gasteiger partial charge in [0.05, 0.1) is 5.56 Å². The van der Waals surface area contributed by atoms with Gasteiger partial charge in [-0.25, -0.2) is 4.68 Å². The smallest absolute Gasteiger partial charge is 0.219 e. The van der Waals surface area contributed by atoms with E-state index in [4.69, 9.17) is 0 Å². The normalized spacial score (nSPS) is 10.6. The van der Waals surface area contributed by atoms with Crippen molar-refractivity contribution >= 4 is 0 Å². The first kappa shape index (κ1) is 11.7. The van der Waals surface area contributed by atoms with Gasteiger partial charge in [0.2, 0.25) is 5.95 Å². The predicted molar refractivity (Wildman–Crippen MR) is 74.0 cm³/mol. The minimum atomic E-state index is -0.315. The largest absolute Gasteiger partial charge is 0.242 e. The number of hydrogen-bond acceptors (Lipinski definition) is 1. The molecule has 0 aliphatic rings. The summed E-state index contributed by atoms with van der Waals surface area (Å²) in [6.45, 7) is 0. The zero-order valence-electron chi connectivity index (χ0n) is 10.5. The lowest BCUT2D eigenvalue weighted by molar-refractivity contribution is 0.506. The minimum absolute atomic E-state index is 0.315. The van der Waals surface area contributed by atoms with Crippen molar-refractivity contribution in [3.05, 3.63) is 66.6 Å². The van der Waals surface area contributed by atoms with E-state index in [0.717, 1.165) is 11.1 Å². The van der Waals surface area contributed by atoms with Gasteiger partial charge in [0, 0.05) is 12.6 Å². The van der Waals surface area contributed by atoms with Crippen molar-refractivity contribution in [2.45, 2.75) is 0 Å². The molecule has 0 unspecified atom stereocenters. The highest BCUT2D eigenvalue weighted by atomic mass is 19.1. The molecule has 1 aromatic heterocycles. The molecular weight excluding hydrogens is 239 g/mol. The molecule has 3 aromatic rings. The Kier molecular flexibility index (Phi) is 2.88. The molecule has 0 saturated carbocycles. The molecule has 0 aliphatic heterocycles. The molecular formula is C16H13FN2. The number of hydrogen-bond donors (Lipinski definition) is 0. The first-order chi connectivity index (χ1) is 9.27. The lowest BCUT2D eigenvalue weighted by Crippen LogP contribution is -1.93. The van der Waals surface area contributed by atoms with Crippen LogP contribution >= 0.6 is 0 Å². The summed E-state index contributed by atoms with van der Waals surface area (Å²) < 4.78 is 15.6. The van der Waals surface area contributed by atoms with E-state index in [-0.39, 0.29) is 5.95 Å². The highest BCUT2D eigenvalue weighted by Gasteiger charge is 2.18. The molecule has 1 heterocycles. The number of benzene rings is 2. The Morgan fingerprint density at radius 3 is 1.95 bits per heavy atom. The summed E-state index contributed by atoms with van der Waals surface area (Å²) in [5.41, 5.74) is 2.98. The molecule has 94 valence electrons. The van der Waals surface area contributed by atoms with Crippen LogP contribution in [0.15, 0.2) is 60.7 Å². The average molecular weight is 252 g/mol. The molecule has 0 radical (unpaired) electrons. The predicted octanol–water partition coefficient (Wildman–Crippen LogP) is 3.89. The van der Waals surface area contributed by atoms with Crippen LogP contribution in [0.25, 0.3) is 22.4 Å². The molecule has 3 rings (SSSR count). The zero-order chi connectivity index (χ0) is 13.2. The maximum Gasteiger partial charge on any atom is 0.219 e. The van der Waals surface area contributed by atoms with Crippen molar-refractivity contribution in [3.63, 3.8) is 0 Å². The van der Waals surface area contributed by atoms with Gasteiger partial charge in [-0.05, 0) is 5.56 Å². The standard InChI is InChI=1S/C16H13FN2/c1-19-16(17)14(12-8-4-2-5-9-12)15(18-19)13-10-6-3-7-11-13/h2-11H,1H3. The van der Waals surface area contributed by atoms with E-state index < -0.39 is 0 Å². The van der Waals surface area contributed by atoms with E-state index in [2.05, 4.69) is 5.10 Å². The second-order valence-corrected chi connectivity index (χ2v) is 4.37. The Morgan fingerprint density at radius 2 is 1.37 bits per heavy atom. The third kappa shape index (κ3) is 2.03. The van der Waals surface area contributed by atoms with Crippen molar-refractivity contribution < 1.29 is 4.39 Å². The van der Waals surface area contributed by atoms with Crippen molar-refractivity contribution in [3.8, 4) is 22.4 Å². The second kappa shape index (κ2) is 4.69. The molecule has 0 N–H and O–H groups in total. The molecule has 0 saturated heterocycles. The number of nitrogens with zero attached hydrogens (tertiary/aromatic N) is 2. The molecule has 0 spiro atoms. The summed E-state index contributed by atoms with van der Waals surface area (Å²) in [5.74, 6) is -0.315. The summed E-state index contributed by atoms with van der Waals surface area (Å²) >= 11 is 0. The Bertz CT molecular complexity index is 688. The Hall–Kier alpha value is -2.42. The van der Waals surface area contributed by atoms with Crippen LogP contribution in [-0.2, 0) is 7.05 Å². The summed E-state index contributed by atoms with van der Waals surface area (Å²) in [6.07, 6.45) is 0. The Balaban J connectivity index is 2.25. The maximum absolute atomic E-state index is 14.3. The van der Waals surface area contributed by atoms with Gasteiger partial charge in [0.25, 0.3) is 0 Å². The van der Waals surface area contributed by atoms with Crippen LogP contribution in [0.3, 0.4) is 0 Å². The molecule has 0 aliphatic carbocycles. The van der Waals surface area contributed by atoms with Crippen LogP contribution in [-0.4, -0.2) is 9.78 Å². The third-order valence-corrected chi connectivity index (χ3v) is 3.09. The van der Waals surface area contributed by atoms with E-state index in [1.807, 2.05) is 60.7 Å². The third-order valence-electron chi connectivity index (χ3n) is 3.09. The van der Waals surface area contributed by atoms with Crippen molar-refractivity contribution in [2.75, 3.05) is 0 Å². The summed E-state index contributed by atoms with van der Waals surface area (Å²) in [4.78, 5) is 0. The first-order valence-corrected chi connectivity index (χ1v) is 6.10. The Labute approximate surface area is 111 Å². The molecule has 0 amide bonds. The molecule has 0 fully saturated rings. The van der Waals surface area contributed by atoms with Crippen LogP contribution < -0.4 is 0 Å². The lowest BCUT2D eigenvalue weighted by Gasteiger charge is -2.02. The van der Waals surface area contributed by atoms with Gasteiger partial charge in [0.15, 0.2) is 0 Å². The van der Waals surface area contributed by atoms with Crippen molar-refractivity contribution in [1.82, 2.24) is 9.78 Å². The van der Waals surface area contributed by atoms with Crippen LogP contribution in [0.2, 0.25) is 0 Å². The topological polar surface area (TPSA) is 17.8 Å². The summed E-state index contributed by atoms with van der Waals surface area (Å²) in [5, 5.41) is 4.30. The van der Waals surface area contributed by atoms with E-state index in [9.17, 15) is 4.39 Å². The number of aryl methyl sites for hydroxylation is 1. The van der Waals surface area contributed by atoms with E-state index in [0.29, 0.717) is 11.3 Å². The number of rotatable bonds is 2. The van der Waals surface area contributed by atoms with Crippen LogP contribution in [0, 0.1) is 5.95 Å². The van der Waals surface area contributed by atoms with Gasteiger partial charge >= 0.3 is 0 Å². The van der Waals surface area contributed by atoms with Crippen LogP contribution in [0.5, 0.6) is 0 Å². The van der Waals surface area contributed by atoms with Gasteiger partial charge in [-0.3, -0.25) is 0 Å². The fourth-order valence-electron chi connectivity index (χ4n) is 2.16. The Morgan fingerprint density at radius 1 is 0.842 bits per heavy atom. The van der Waals surface area contributed by atoms with Crippen LogP contribution in [0.4, 0.5) is 4.39 Å². The van der Waals surface area contributed by atoms with Gasteiger partial charge in [-0.15, -0.1) is 0 Å². The lowest BCUT2D eigenvalue weighted by atomic mass is 10.0. The average Bonchev–Trinajstić information content (AvgIpc) is 2.77. The quantitative estimate of drug-likeness (QED) is 0.676. The fourth-order valence-corrected chi connectivity index (χ4v) is 2.16. The number of halogens is 1. The monoisotopic (exact) mass is 252 g/mol. The van der Waals surface area contributed by atoms with Gasteiger partial charge in [0.1, 0.15) is 5.69 Å². The first-order valence-electron chi connectivity index (χ1n) is 6.10. The second-order valence-electron chi connectivity index (χ2n) is 4.37.